The van der Waals surface area contributed by atoms with E-state index < -0.39 is 0 Å². The number of nitrogens with one attached hydrogen (secondary N) is 1. The van der Waals surface area contributed by atoms with Crippen LogP contribution in [0, 0.1) is 0 Å². The van der Waals surface area contributed by atoms with Crippen LogP contribution in [0.25, 0.3) is 0 Å². The molecule has 100 valence electrons. The molecule has 2 unspecified atom stereocenters. The zero-order chi connectivity index (χ0) is 13.4. The molecule has 1 amide bonds. The summed E-state index contributed by atoms with van der Waals surface area (Å²) >= 11 is 0. The lowest BCUT2D eigenvalue weighted by atomic mass is 10.1. The highest BCUT2D eigenvalue weighted by Crippen LogP contribution is 2.03. The molecule has 0 aliphatic carbocycles. The molecule has 0 aromatic heterocycles. The van der Waals surface area contributed by atoms with Crippen molar-refractivity contribution in [1.29, 1.82) is 0 Å². The molecule has 0 aliphatic heterocycles. The molecule has 0 saturated heterocycles. The predicted molar refractivity (Wildman–Crippen MR) is 72.2 cm³/mol. The number of carbonyl (C=O) groups excluding carboxylic acids is 1. The first-order valence-corrected chi connectivity index (χ1v) is 6.21. The molecule has 4 nitrogen and oxygen atoms in total. The number of methoxy groups -OCH3 is 1. The van der Waals surface area contributed by atoms with E-state index in [0.717, 1.165) is 6.42 Å². The van der Waals surface area contributed by atoms with Crippen LogP contribution >= 0.6 is 0 Å². The first-order valence-electron chi connectivity index (χ1n) is 6.21. The molecule has 0 saturated carbocycles. The van der Waals surface area contributed by atoms with Crippen molar-refractivity contribution in [3.8, 4) is 0 Å². The quantitative estimate of drug-likeness (QED) is 0.761. The molecule has 4 heteroatoms. The maximum atomic E-state index is 11.7. The topological polar surface area (TPSA) is 64.3 Å². The van der Waals surface area contributed by atoms with Gasteiger partial charge in [0, 0.05) is 19.7 Å². The second-order valence-corrected chi connectivity index (χ2v) is 4.46. The lowest BCUT2D eigenvalue weighted by Crippen LogP contribution is -2.37. The van der Waals surface area contributed by atoms with E-state index in [1.165, 1.54) is 5.56 Å². The monoisotopic (exact) mass is 250 g/mol. The summed E-state index contributed by atoms with van der Waals surface area (Å²) in [5, 5.41) is 2.95. The summed E-state index contributed by atoms with van der Waals surface area (Å²) in [6.07, 6.45) is 0.938. The summed E-state index contributed by atoms with van der Waals surface area (Å²) in [6, 6.07) is 10.2. The van der Waals surface area contributed by atoms with Crippen molar-refractivity contribution in [1.82, 2.24) is 5.32 Å². The Morgan fingerprint density at radius 3 is 2.61 bits per heavy atom. The Bertz CT molecular complexity index is 350. The van der Waals surface area contributed by atoms with E-state index >= 15 is 0 Å². The number of hydrogen-bond donors (Lipinski definition) is 2. The molecule has 0 fully saturated rings. The van der Waals surface area contributed by atoms with Crippen molar-refractivity contribution >= 4 is 5.91 Å². The number of benzene rings is 1. The molecule has 1 aromatic carbocycles. The minimum atomic E-state index is -0.200. The van der Waals surface area contributed by atoms with Gasteiger partial charge >= 0.3 is 0 Å². The summed E-state index contributed by atoms with van der Waals surface area (Å²) in [5.74, 6) is -0.0178. The second-order valence-electron chi connectivity index (χ2n) is 4.46. The van der Waals surface area contributed by atoms with Gasteiger partial charge in [0.25, 0.3) is 0 Å². The second kappa shape index (κ2) is 7.84. The van der Waals surface area contributed by atoms with Crippen LogP contribution in [0.1, 0.15) is 18.9 Å². The number of ether oxygens (including phenoxy) is 1. The zero-order valence-electron chi connectivity index (χ0n) is 11.1. The fourth-order valence-corrected chi connectivity index (χ4v) is 1.82. The molecule has 0 radical (unpaired) electrons. The normalized spacial score (nSPS) is 13.9. The third-order valence-electron chi connectivity index (χ3n) is 2.80. The van der Waals surface area contributed by atoms with Crippen molar-refractivity contribution in [2.24, 2.45) is 5.73 Å². The SMILES string of the molecule is COC(CN)CC(=O)NC(C)Cc1ccccc1. The van der Waals surface area contributed by atoms with Gasteiger partial charge in [0.05, 0.1) is 12.5 Å². The van der Waals surface area contributed by atoms with E-state index in [9.17, 15) is 4.79 Å². The average Bonchev–Trinajstić information content (AvgIpc) is 2.36. The Balaban J connectivity index is 2.36. The van der Waals surface area contributed by atoms with E-state index in [0.29, 0.717) is 13.0 Å². The Morgan fingerprint density at radius 1 is 1.39 bits per heavy atom. The summed E-state index contributed by atoms with van der Waals surface area (Å²) < 4.78 is 5.08. The lowest BCUT2D eigenvalue weighted by Gasteiger charge is -2.17. The first kappa shape index (κ1) is 14.7. The van der Waals surface area contributed by atoms with Crippen molar-refractivity contribution in [3.05, 3.63) is 35.9 Å². The Labute approximate surface area is 109 Å². The molecule has 0 bridgehead atoms. The first-order chi connectivity index (χ1) is 8.65. The molecular formula is C14H22N2O2. The predicted octanol–water partition coefficient (Wildman–Crippen LogP) is 1.10. The largest absolute Gasteiger partial charge is 0.380 e. The number of nitrogens with two attached hydrogens (primary N) is 1. The average molecular weight is 250 g/mol. The summed E-state index contributed by atoms with van der Waals surface area (Å²) in [4.78, 5) is 11.7. The van der Waals surface area contributed by atoms with Crippen LogP contribution in [0.15, 0.2) is 30.3 Å². The van der Waals surface area contributed by atoms with E-state index in [4.69, 9.17) is 10.5 Å². The van der Waals surface area contributed by atoms with Gasteiger partial charge in [-0.05, 0) is 18.9 Å². The number of amides is 1. The summed E-state index contributed by atoms with van der Waals surface area (Å²) in [7, 11) is 1.57. The Kier molecular flexibility index (Phi) is 6.39. The van der Waals surface area contributed by atoms with Crippen LogP contribution in [-0.4, -0.2) is 31.7 Å². The van der Waals surface area contributed by atoms with E-state index in [-0.39, 0.29) is 18.1 Å². The van der Waals surface area contributed by atoms with Crippen molar-refractivity contribution < 1.29 is 9.53 Å². The van der Waals surface area contributed by atoms with E-state index in [1.54, 1.807) is 7.11 Å². The van der Waals surface area contributed by atoms with Crippen LogP contribution in [0.3, 0.4) is 0 Å². The lowest BCUT2D eigenvalue weighted by molar-refractivity contribution is -0.123. The van der Waals surface area contributed by atoms with Crippen molar-refractivity contribution in [2.75, 3.05) is 13.7 Å². The molecule has 0 spiro atoms. The van der Waals surface area contributed by atoms with Crippen LogP contribution < -0.4 is 11.1 Å². The molecule has 3 N–H and O–H groups in total. The summed E-state index contributed by atoms with van der Waals surface area (Å²) in [6.45, 7) is 2.35. The maximum absolute atomic E-state index is 11.7. The standard InChI is InChI=1S/C14H22N2O2/c1-11(8-12-6-4-3-5-7-12)16-14(17)9-13(10-15)18-2/h3-7,11,13H,8-10,15H2,1-2H3,(H,16,17). The number of rotatable bonds is 7. The van der Waals surface area contributed by atoms with Gasteiger partial charge < -0.3 is 15.8 Å². The Morgan fingerprint density at radius 2 is 2.06 bits per heavy atom. The van der Waals surface area contributed by atoms with Gasteiger partial charge in [-0.25, -0.2) is 0 Å². The third kappa shape index (κ3) is 5.29. The zero-order valence-corrected chi connectivity index (χ0v) is 11.1. The van der Waals surface area contributed by atoms with Gasteiger partial charge in [-0.1, -0.05) is 30.3 Å². The van der Waals surface area contributed by atoms with Gasteiger partial charge in [0.1, 0.15) is 0 Å². The fourth-order valence-electron chi connectivity index (χ4n) is 1.82. The molecule has 1 rings (SSSR count). The van der Waals surface area contributed by atoms with E-state index in [2.05, 4.69) is 17.4 Å². The maximum Gasteiger partial charge on any atom is 0.222 e. The van der Waals surface area contributed by atoms with Gasteiger partial charge in [-0.3, -0.25) is 4.79 Å². The minimum absolute atomic E-state index is 0.0178. The molecule has 0 aliphatic rings. The van der Waals surface area contributed by atoms with Crippen LogP contribution in [-0.2, 0) is 16.0 Å². The highest BCUT2D eigenvalue weighted by Gasteiger charge is 2.13. The van der Waals surface area contributed by atoms with Gasteiger partial charge in [-0.15, -0.1) is 0 Å². The molecule has 2 atom stereocenters. The smallest absolute Gasteiger partial charge is 0.222 e. The molecule has 18 heavy (non-hydrogen) atoms. The van der Waals surface area contributed by atoms with Crippen LogP contribution in [0.4, 0.5) is 0 Å². The van der Waals surface area contributed by atoms with E-state index in [1.807, 2.05) is 25.1 Å². The number of carbonyl (C=O) groups is 1. The molecule has 1 aromatic rings. The highest BCUT2D eigenvalue weighted by atomic mass is 16.5. The van der Waals surface area contributed by atoms with Gasteiger partial charge in [0.2, 0.25) is 5.91 Å². The molecule has 0 heterocycles. The highest BCUT2D eigenvalue weighted by molar-refractivity contribution is 5.76. The van der Waals surface area contributed by atoms with Crippen molar-refractivity contribution in [3.63, 3.8) is 0 Å². The van der Waals surface area contributed by atoms with Gasteiger partial charge in [-0.2, -0.15) is 0 Å². The fraction of sp³-hybridized carbons (Fsp3) is 0.500. The van der Waals surface area contributed by atoms with Crippen molar-refractivity contribution in [2.45, 2.75) is 31.9 Å². The van der Waals surface area contributed by atoms with Crippen LogP contribution in [0.5, 0.6) is 0 Å². The van der Waals surface area contributed by atoms with Crippen LogP contribution in [0.2, 0.25) is 0 Å². The third-order valence-corrected chi connectivity index (χ3v) is 2.80. The Hall–Kier alpha value is -1.39. The summed E-state index contributed by atoms with van der Waals surface area (Å²) in [5.41, 5.74) is 6.70. The molecular weight excluding hydrogens is 228 g/mol. The van der Waals surface area contributed by atoms with Gasteiger partial charge in [0.15, 0.2) is 0 Å². The minimum Gasteiger partial charge on any atom is -0.380 e. The number of hydrogen-bond acceptors (Lipinski definition) is 3.